The lowest BCUT2D eigenvalue weighted by Crippen LogP contribution is -2.59. The van der Waals surface area contributed by atoms with Crippen LogP contribution in [0.4, 0.5) is 4.39 Å². The van der Waals surface area contributed by atoms with Gasteiger partial charge in [0.05, 0.1) is 28.7 Å². The van der Waals surface area contributed by atoms with Crippen LogP contribution in [0.3, 0.4) is 0 Å². The maximum absolute atomic E-state index is 15.3. The molecule has 3 amide bonds. The predicted molar refractivity (Wildman–Crippen MR) is 158 cm³/mol. The normalized spacial score (nSPS) is 22.3. The van der Waals surface area contributed by atoms with Crippen LogP contribution < -0.4 is 10.6 Å². The first kappa shape index (κ1) is 31.6. The number of hydrogen-bond donors (Lipinski definition) is 3. The molecule has 4 atom stereocenters. The van der Waals surface area contributed by atoms with E-state index in [1.807, 2.05) is 25.1 Å². The van der Waals surface area contributed by atoms with Crippen molar-refractivity contribution in [2.24, 2.45) is 10.8 Å². The standard InChI is InChI=1S/C31H40FN5O4S/c1-17-24(42-16-35-17)18-8-9-19(20(12-18)29(2,3)4)13-34-26(39)23-22(32)21(38)14-37(23)27(40)25(30(5,6)7)36-28(41)31(15-33)10-11-31/h8-9,12,16,21-23,25,38H,10-11,13-14H2,1-7H3,(H,34,39)(H,36,41)/t21-,22-,23?,25?/m0/s1. The molecule has 2 unspecified atom stereocenters. The average Bonchev–Trinajstić information content (AvgIpc) is 3.51. The molecule has 1 aromatic carbocycles. The minimum absolute atomic E-state index is 0.0961. The molecule has 0 bridgehead atoms. The van der Waals surface area contributed by atoms with Crippen molar-refractivity contribution in [2.75, 3.05) is 6.54 Å². The van der Waals surface area contributed by atoms with E-state index in [4.69, 9.17) is 0 Å². The quantitative estimate of drug-likeness (QED) is 0.445. The summed E-state index contributed by atoms with van der Waals surface area (Å²) in [5, 5.41) is 25.3. The van der Waals surface area contributed by atoms with Crippen LogP contribution >= 0.6 is 11.3 Å². The second-order valence-electron chi connectivity index (χ2n) is 13.5. The second kappa shape index (κ2) is 11.4. The zero-order valence-electron chi connectivity index (χ0n) is 25.2. The van der Waals surface area contributed by atoms with E-state index < -0.39 is 52.9 Å². The molecule has 9 nitrogen and oxygen atoms in total. The third-order valence-electron chi connectivity index (χ3n) is 8.11. The maximum atomic E-state index is 15.3. The molecule has 1 saturated heterocycles. The van der Waals surface area contributed by atoms with Gasteiger partial charge in [-0.25, -0.2) is 9.37 Å². The number of rotatable bonds is 7. The van der Waals surface area contributed by atoms with Crippen LogP contribution in [0.15, 0.2) is 23.7 Å². The number of nitrogens with zero attached hydrogens (tertiary/aromatic N) is 3. The fourth-order valence-electron chi connectivity index (χ4n) is 5.35. The minimum Gasteiger partial charge on any atom is -0.388 e. The van der Waals surface area contributed by atoms with Gasteiger partial charge in [0.15, 0.2) is 6.17 Å². The first-order valence-corrected chi connectivity index (χ1v) is 15.0. The van der Waals surface area contributed by atoms with E-state index in [2.05, 4.69) is 42.5 Å². The number of thiazole rings is 1. The summed E-state index contributed by atoms with van der Waals surface area (Å²) in [5.41, 5.74) is 3.38. The van der Waals surface area contributed by atoms with Crippen molar-refractivity contribution < 1.29 is 23.9 Å². The van der Waals surface area contributed by atoms with Crippen LogP contribution in [-0.2, 0) is 26.3 Å². The fourth-order valence-corrected chi connectivity index (χ4v) is 6.15. The molecule has 11 heteroatoms. The van der Waals surface area contributed by atoms with Crippen molar-refractivity contribution in [1.29, 1.82) is 5.26 Å². The number of carbonyl (C=O) groups is 3. The average molecular weight is 598 g/mol. The number of alkyl halides is 1. The number of carbonyl (C=O) groups excluding carboxylic acids is 3. The van der Waals surface area contributed by atoms with Gasteiger partial charge >= 0.3 is 0 Å². The van der Waals surface area contributed by atoms with E-state index in [1.54, 1.807) is 37.6 Å². The molecular formula is C31H40FN5O4S. The van der Waals surface area contributed by atoms with Crippen molar-refractivity contribution in [3.05, 3.63) is 40.5 Å². The van der Waals surface area contributed by atoms with E-state index >= 15 is 4.39 Å². The molecule has 2 aromatic rings. The van der Waals surface area contributed by atoms with Crippen molar-refractivity contribution in [2.45, 2.75) is 97.6 Å². The van der Waals surface area contributed by atoms with Gasteiger partial charge in [-0.05, 0) is 53.4 Å². The highest BCUT2D eigenvalue weighted by atomic mass is 32.1. The Kier molecular flexibility index (Phi) is 8.55. The second-order valence-corrected chi connectivity index (χ2v) is 14.4. The lowest BCUT2D eigenvalue weighted by atomic mass is 9.82. The van der Waals surface area contributed by atoms with Crippen LogP contribution in [0.2, 0.25) is 0 Å². The maximum Gasteiger partial charge on any atom is 0.246 e. The van der Waals surface area contributed by atoms with Gasteiger partial charge in [-0.1, -0.05) is 53.7 Å². The third-order valence-corrected chi connectivity index (χ3v) is 9.08. The summed E-state index contributed by atoms with van der Waals surface area (Å²) in [7, 11) is 0. The van der Waals surface area contributed by atoms with Crippen molar-refractivity contribution in [1.82, 2.24) is 20.5 Å². The summed E-state index contributed by atoms with van der Waals surface area (Å²) in [5.74, 6) is -1.96. The van der Waals surface area contributed by atoms with Crippen LogP contribution in [0.5, 0.6) is 0 Å². The molecular weight excluding hydrogens is 557 g/mol. The van der Waals surface area contributed by atoms with Gasteiger partial charge in [-0.3, -0.25) is 14.4 Å². The number of halogens is 1. The highest BCUT2D eigenvalue weighted by molar-refractivity contribution is 7.13. The van der Waals surface area contributed by atoms with Crippen molar-refractivity contribution in [3.8, 4) is 16.5 Å². The number of β-amino-alcohol motifs (C(OH)–C–C–N with tert-alkyl or cyclic N) is 1. The molecule has 3 N–H and O–H groups in total. The number of amides is 3. The Hall–Kier alpha value is -3.36. The summed E-state index contributed by atoms with van der Waals surface area (Å²) >= 11 is 1.55. The number of nitriles is 1. The van der Waals surface area contributed by atoms with E-state index in [9.17, 15) is 24.8 Å². The van der Waals surface area contributed by atoms with E-state index in [0.29, 0.717) is 12.8 Å². The molecule has 4 rings (SSSR count). The molecule has 2 fully saturated rings. The lowest BCUT2D eigenvalue weighted by molar-refractivity contribution is -0.145. The zero-order chi connectivity index (χ0) is 31.2. The van der Waals surface area contributed by atoms with Gasteiger partial charge in [0.2, 0.25) is 17.7 Å². The van der Waals surface area contributed by atoms with Gasteiger partial charge in [0.25, 0.3) is 0 Å². The van der Waals surface area contributed by atoms with Crippen LogP contribution in [0, 0.1) is 29.1 Å². The number of aromatic nitrogens is 1. The van der Waals surface area contributed by atoms with Gasteiger partial charge in [-0.15, -0.1) is 11.3 Å². The Morgan fingerprint density at radius 2 is 1.90 bits per heavy atom. The molecule has 1 aliphatic carbocycles. The number of aliphatic hydroxyl groups is 1. The number of nitrogens with one attached hydrogen (secondary N) is 2. The fraction of sp³-hybridized carbons (Fsp3) is 0.581. The first-order chi connectivity index (χ1) is 19.5. The SMILES string of the molecule is Cc1ncsc1-c1ccc(CNC(=O)C2[C@@H](F)[C@@H](O)CN2C(=O)C(NC(=O)C2(C#N)CC2)C(C)(C)C)c(C(C)(C)C)c1. The predicted octanol–water partition coefficient (Wildman–Crippen LogP) is 3.78. The number of likely N-dealkylation sites (tertiary alicyclic amines) is 1. The Morgan fingerprint density at radius 1 is 1.24 bits per heavy atom. The largest absolute Gasteiger partial charge is 0.388 e. The highest BCUT2D eigenvalue weighted by Crippen LogP contribution is 2.45. The highest BCUT2D eigenvalue weighted by Gasteiger charge is 2.54. The molecule has 0 radical (unpaired) electrons. The number of hydrogen-bond acceptors (Lipinski definition) is 7. The van der Waals surface area contributed by atoms with Gasteiger partial charge < -0.3 is 20.6 Å². The topological polar surface area (TPSA) is 135 Å². The smallest absolute Gasteiger partial charge is 0.246 e. The summed E-state index contributed by atoms with van der Waals surface area (Å²) < 4.78 is 15.3. The number of benzene rings is 1. The van der Waals surface area contributed by atoms with Gasteiger partial charge in [-0.2, -0.15) is 5.26 Å². The van der Waals surface area contributed by atoms with Gasteiger partial charge in [0.1, 0.15) is 23.6 Å². The Balaban J connectivity index is 1.55. The summed E-state index contributed by atoms with van der Waals surface area (Å²) in [6.45, 7) is 13.1. The summed E-state index contributed by atoms with van der Waals surface area (Å²) in [6, 6.07) is 5.30. The van der Waals surface area contributed by atoms with Crippen LogP contribution in [-0.4, -0.2) is 63.6 Å². The molecule has 42 heavy (non-hydrogen) atoms. The molecule has 1 saturated carbocycles. The number of aliphatic hydroxyl groups excluding tert-OH is 1. The van der Waals surface area contributed by atoms with Gasteiger partial charge in [0, 0.05) is 6.54 Å². The van der Waals surface area contributed by atoms with Crippen LogP contribution in [0.1, 0.15) is 71.2 Å². The van der Waals surface area contributed by atoms with E-state index in [0.717, 1.165) is 32.2 Å². The van der Waals surface area contributed by atoms with Crippen molar-refractivity contribution in [3.63, 3.8) is 0 Å². The Labute approximate surface area is 250 Å². The summed E-state index contributed by atoms with van der Waals surface area (Å²) in [4.78, 5) is 46.5. The first-order valence-electron chi connectivity index (χ1n) is 14.2. The third kappa shape index (κ3) is 6.20. The summed E-state index contributed by atoms with van der Waals surface area (Å²) in [6.07, 6.45) is -2.75. The Morgan fingerprint density at radius 3 is 2.43 bits per heavy atom. The minimum atomic E-state index is -2.00. The van der Waals surface area contributed by atoms with E-state index in [-0.39, 0.29) is 18.5 Å². The van der Waals surface area contributed by atoms with Crippen molar-refractivity contribution >= 4 is 29.1 Å². The van der Waals surface area contributed by atoms with Crippen LogP contribution in [0.25, 0.3) is 10.4 Å². The molecule has 2 heterocycles. The Bertz CT molecular complexity index is 1420. The molecule has 1 aromatic heterocycles. The lowest BCUT2D eigenvalue weighted by Gasteiger charge is -2.35. The molecule has 226 valence electrons. The molecule has 0 spiro atoms. The molecule has 1 aliphatic heterocycles. The zero-order valence-corrected chi connectivity index (χ0v) is 26.1. The number of aryl methyl sites for hydroxylation is 1. The van der Waals surface area contributed by atoms with E-state index in [1.165, 1.54) is 0 Å². The molecule has 2 aliphatic rings. The monoisotopic (exact) mass is 597 g/mol.